The van der Waals surface area contributed by atoms with Gasteiger partial charge in [0, 0.05) is 29.7 Å². The highest BCUT2D eigenvalue weighted by atomic mass is 16.5. The molecule has 0 aliphatic heterocycles. The van der Waals surface area contributed by atoms with E-state index in [0.717, 1.165) is 10.9 Å². The Hall–Kier alpha value is -3.48. The van der Waals surface area contributed by atoms with Crippen molar-refractivity contribution in [1.82, 2.24) is 15.4 Å². The molecule has 2 aromatic carbocycles. The van der Waals surface area contributed by atoms with Crippen LogP contribution >= 0.6 is 0 Å². The number of carbonyl (C=O) groups is 2. The number of rotatable bonds is 5. The highest BCUT2D eigenvalue weighted by Crippen LogP contribution is 2.29. The number of ether oxygens (including phenoxy) is 2. The third-order valence-corrected chi connectivity index (χ3v) is 4.22. The molecule has 7 heteroatoms. The Morgan fingerprint density at radius 1 is 1.00 bits per heavy atom. The summed E-state index contributed by atoms with van der Waals surface area (Å²) in [7, 11) is 3.37. The molecule has 7 nitrogen and oxygen atoms in total. The summed E-state index contributed by atoms with van der Waals surface area (Å²) in [5, 5.41) is 0.814. The van der Waals surface area contributed by atoms with Crippen LogP contribution in [0.4, 0.5) is 0 Å². The average molecular weight is 381 g/mol. The number of nitrogens with zero attached hydrogens (tertiary/aromatic N) is 1. The molecule has 28 heavy (non-hydrogen) atoms. The number of benzene rings is 2. The van der Waals surface area contributed by atoms with Gasteiger partial charge in [-0.05, 0) is 38.1 Å². The highest BCUT2D eigenvalue weighted by molar-refractivity contribution is 6.08. The molecule has 0 atom stereocenters. The van der Waals surface area contributed by atoms with Gasteiger partial charge in [0.15, 0.2) is 11.5 Å². The van der Waals surface area contributed by atoms with E-state index in [2.05, 4.69) is 10.9 Å². The zero-order chi connectivity index (χ0) is 20.3. The molecular formula is C21H23N3O4. The predicted octanol–water partition coefficient (Wildman–Crippen LogP) is 3.05. The van der Waals surface area contributed by atoms with Crippen molar-refractivity contribution in [2.24, 2.45) is 7.05 Å². The Balaban J connectivity index is 1.72. The van der Waals surface area contributed by atoms with E-state index in [1.54, 1.807) is 24.4 Å². The minimum atomic E-state index is -0.456. The van der Waals surface area contributed by atoms with Gasteiger partial charge in [0.25, 0.3) is 11.8 Å². The summed E-state index contributed by atoms with van der Waals surface area (Å²) in [6.45, 7) is 3.81. The first kappa shape index (κ1) is 19.3. The lowest BCUT2D eigenvalue weighted by Crippen LogP contribution is -2.41. The molecule has 0 spiro atoms. The zero-order valence-corrected chi connectivity index (χ0v) is 16.3. The molecule has 0 unspecified atom stereocenters. The van der Waals surface area contributed by atoms with Gasteiger partial charge in [-0.1, -0.05) is 18.2 Å². The van der Waals surface area contributed by atoms with Crippen molar-refractivity contribution in [2.75, 3.05) is 7.11 Å². The second-order valence-electron chi connectivity index (χ2n) is 6.61. The van der Waals surface area contributed by atoms with Gasteiger partial charge >= 0.3 is 0 Å². The predicted molar refractivity (Wildman–Crippen MR) is 107 cm³/mol. The number of amides is 2. The van der Waals surface area contributed by atoms with Gasteiger partial charge in [-0.25, -0.2) is 0 Å². The maximum Gasteiger partial charge on any atom is 0.271 e. The van der Waals surface area contributed by atoms with Crippen LogP contribution in [-0.2, 0) is 7.05 Å². The van der Waals surface area contributed by atoms with E-state index in [4.69, 9.17) is 9.47 Å². The van der Waals surface area contributed by atoms with Crippen molar-refractivity contribution >= 4 is 22.7 Å². The fourth-order valence-electron chi connectivity index (χ4n) is 2.94. The molecule has 1 aromatic heterocycles. The molecule has 2 N–H and O–H groups in total. The molecule has 0 radical (unpaired) electrons. The number of aromatic nitrogens is 1. The Morgan fingerprint density at radius 3 is 2.43 bits per heavy atom. The van der Waals surface area contributed by atoms with Crippen LogP contribution in [0.15, 0.2) is 48.7 Å². The van der Waals surface area contributed by atoms with E-state index in [-0.39, 0.29) is 6.10 Å². The smallest absolute Gasteiger partial charge is 0.271 e. The minimum absolute atomic E-state index is 0.0199. The Morgan fingerprint density at radius 2 is 1.71 bits per heavy atom. The molecule has 3 aromatic rings. The van der Waals surface area contributed by atoms with E-state index in [0.29, 0.717) is 22.6 Å². The van der Waals surface area contributed by atoms with Crippen molar-refractivity contribution in [3.05, 3.63) is 59.8 Å². The van der Waals surface area contributed by atoms with Gasteiger partial charge in [0.05, 0.1) is 18.8 Å². The monoisotopic (exact) mass is 381 g/mol. The lowest BCUT2D eigenvalue weighted by molar-refractivity contribution is 0.0847. The molecular weight excluding hydrogens is 358 g/mol. The quantitative estimate of drug-likeness (QED) is 0.666. The molecule has 0 aliphatic carbocycles. The first-order chi connectivity index (χ1) is 13.4. The van der Waals surface area contributed by atoms with Crippen molar-refractivity contribution in [2.45, 2.75) is 20.0 Å². The fourth-order valence-corrected chi connectivity index (χ4v) is 2.94. The molecule has 146 valence electrons. The molecule has 1 heterocycles. The molecule has 0 saturated heterocycles. The Labute approximate surface area is 163 Å². The SMILES string of the molecule is COc1cc(C(=O)NNC(=O)c2cn(C)c3ccccc23)ccc1OC(C)C. The van der Waals surface area contributed by atoms with E-state index >= 15 is 0 Å². The molecule has 3 rings (SSSR count). The third kappa shape index (κ3) is 3.93. The summed E-state index contributed by atoms with van der Waals surface area (Å²) in [6.07, 6.45) is 1.71. The van der Waals surface area contributed by atoms with Crippen LogP contribution in [-0.4, -0.2) is 29.6 Å². The summed E-state index contributed by atoms with van der Waals surface area (Å²) in [5.74, 6) is 0.149. The van der Waals surface area contributed by atoms with Crippen LogP contribution in [0.25, 0.3) is 10.9 Å². The number of hydrogen-bond donors (Lipinski definition) is 2. The summed E-state index contributed by atoms with van der Waals surface area (Å²) in [4.78, 5) is 24.9. The lowest BCUT2D eigenvalue weighted by atomic mass is 10.1. The first-order valence-corrected chi connectivity index (χ1v) is 8.90. The van der Waals surface area contributed by atoms with Crippen molar-refractivity contribution < 1.29 is 19.1 Å². The van der Waals surface area contributed by atoms with Crippen molar-refractivity contribution in [3.63, 3.8) is 0 Å². The maximum atomic E-state index is 12.5. The summed E-state index contributed by atoms with van der Waals surface area (Å²) in [6, 6.07) is 12.4. The standard InChI is InChI=1S/C21H23N3O4/c1-13(2)28-18-10-9-14(11-19(18)27-4)20(25)22-23-21(26)16-12-24(3)17-8-6-5-7-15(16)17/h5-13H,1-4H3,(H,22,25)(H,23,26). The van der Waals surface area contributed by atoms with Crippen LogP contribution in [0.1, 0.15) is 34.6 Å². The van der Waals surface area contributed by atoms with E-state index in [1.807, 2.05) is 49.7 Å². The van der Waals surface area contributed by atoms with Gasteiger partial charge in [-0.2, -0.15) is 0 Å². The Kier molecular flexibility index (Phi) is 5.54. The van der Waals surface area contributed by atoms with E-state index < -0.39 is 11.8 Å². The van der Waals surface area contributed by atoms with Gasteiger partial charge < -0.3 is 14.0 Å². The molecule has 2 amide bonds. The number of aryl methyl sites for hydroxylation is 1. The molecule has 0 bridgehead atoms. The van der Waals surface area contributed by atoms with Crippen molar-refractivity contribution in [3.8, 4) is 11.5 Å². The first-order valence-electron chi connectivity index (χ1n) is 8.90. The number of carbonyl (C=O) groups excluding carboxylic acids is 2. The number of para-hydroxylation sites is 1. The molecule has 0 aliphatic rings. The van der Waals surface area contributed by atoms with Crippen LogP contribution < -0.4 is 20.3 Å². The van der Waals surface area contributed by atoms with Gasteiger partial charge in [0.2, 0.25) is 0 Å². The topological polar surface area (TPSA) is 81.6 Å². The fraction of sp³-hybridized carbons (Fsp3) is 0.238. The normalized spacial score (nSPS) is 10.8. The molecule has 0 saturated carbocycles. The summed E-state index contributed by atoms with van der Waals surface area (Å²) in [5.41, 5.74) is 6.66. The number of hydrogen-bond acceptors (Lipinski definition) is 4. The van der Waals surface area contributed by atoms with Gasteiger partial charge in [-0.15, -0.1) is 0 Å². The second kappa shape index (κ2) is 8.04. The lowest BCUT2D eigenvalue weighted by Gasteiger charge is -2.14. The van der Waals surface area contributed by atoms with Crippen LogP contribution in [0.3, 0.4) is 0 Å². The summed E-state index contributed by atoms with van der Waals surface area (Å²) < 4.78 is 12.8. The van der Waals surface area contributed by atoms with Gasteiger partial charge in [0.1, 0.15) is 0 Å². The number of hydrazine groups is 1. The molecule has 0 fully saturated rings. The van der Waals surface area contributed by atoms with E-state index in [1.165, 1.54) is 7.11 Å². The minimum Gasteiger partial charge on any atom is -0.493 e. The largest absolute Gasteiger partial charge is 0.493 e. The highest BCUT2D eigenvalue weighted by Gasteiger charge is 2.16. The van der Waals surface area contributed by atoms with Crippen molar-refractivity contribution in [1.29, 1.82) is 0 Å². The second-order valence-corrected chi connectivity index (χ2v) is 6.61. The van der Waals surface area contributed by atoms with Crippen LogP contribution in [0, 0.1) is 0 Å². The number of fused-ring (bicyclic) bond motifs is 1. The Bertz CT molecular complexity index is 1020. The summed E-state index contributed by atoms with van der Waals surface area (Å²) >= 11 is 0. The van der Waals surface area contributed by atoms with Crippen LogP contribution in [0.5, 0.6) is 11.5 Å². The van der Waals surface area contributed by atoms with Crippen LogP contribution in [0.2, 0.25) is 0 Å². The average Bonchev–Trinajstić information content (AvgIpc) is 3.03. The van der Waals surface area contributed by atoms with E-state index in [9.17, 15) is 9.59 Å². The van der Waals surface area contributed by atoms with Gasteiger partial charge in [-0.3, -0.25) is 20.4 Å². The number of nitrogens with one attached hydrogen (secondary N) is 2. The number of methoxy groups -OCH3 is 1. The zero-order valence-electron chi connectivity index (χ0n) is 16.3. The maximum absolute atomic E-state index is 12.5. The third-order valence-electron chi connectivity index (χ3n) is 4.22.